The predicted molar refractivity (Wildman–Crippen MR) is 89.7 cm³/mol. The number of fused-ring (bicyclic) bond motifs is 5. The number of nitrogens with zero attached hydrogens (tertiary/aromatic N) is 4. The summed E-state index contributed by atoms with van der Waals surface area (Å²) in [4.78, 5) is 13.8. The molecule has 4 rings (SSSR count). The highest BCUT2D eigenvalue weighted by Crippen LogP contribution is 2.53. The molecule has 0 saturated carbocycles. The molecule has 0 saturated heterocycles. The topological polar surface area (TPSA) is 32.3 Å². The minimum Gasteiger partial charge on any atom is -0.336 e. The van der Waals surface area contributed by atoms with E-state index < -0.39 is 0 Å². The second-order valence-electron chi connectivity index (χ2n) is 6.37. The highest BCUT2D eigenvalue weighted by atomic mass is 15.5. The van der Waals surface area contributed by atoms with Crippen LogP contribution in [-0.2, 0) is 5.41 Å². The normalized spacial score (nSPS) is 21.3. The van der Waals surface area contributed by atoms with E-state index >= 15 is 0 Å². The van der Waals surface area contributed by atoms with E-state index in [1.54, 1.807) is 12.4 Å². The standard InChI is InChI=1S/C18H22N4/c1-4-18(5-2)12-15-21(3)16-17(20-11-10-19-16)22(15)14-9-7-6-8-13(14)18/h6-11,15H,4-5,12H2,1-3H3. The Morgan fingerprint density at radius 1 is 1.09 bits per heavy atom. The highest BCUT2D eigenvalue weighted by molar-refractivity contribution is 5.81. The Balaban J connectivity index is 1.96. The molecule has 2 aromatic rings. The fourth-order valence-corrected chi connectivity index (χ4v) is 4.21. The minimum absolute atomic E-state index is 0.244. The van der Waals surface area contributed by atoms with Gasteiger partial charge in [-0.1, -0.05) is 32.0 Å². The maximum absolute atomic E-state index is 4.61. The Morgan fingerprint density at radius 3 is 2.50 bits per heavy atom. The molecule has 0 N–H and O–H groups in total. The molecule has 0 fully saturated rings. The van der Waals surface area contributed by atoms with Crippen LogP contribution in [0.2, 0.25) is 0 Å². The van der Waals surface area contributed by atoms with Crippen LogP contribution in [0, 0.1) is 0 Å². The van der Waals surface area contributed by atoms with E-state index in [1.807, 2.05) is 0 Å². The fraction of sp³-hybridized carbons (Fsp3) is 0.444. The van der Waals surface area contributed by atoms with Crippen LogP contribution in [0.25, 0.3) is 0 Å². The van der Waals surface area contributed by atoms with Crippen LogP contribution in [-0.4, -0.2) is 23.2 Å². The summed E-state index contributed by atoms with van der Waals surface area (Å²) in [6, 6.07) is 8.83. The van der Waals surface area contributed by atoms with Crippen LogP contribution in [0.5, 0.6) is 0 Å². The summed E-state index contributed by atoms with van der Waals surface area (Å²) in [7, 11) is 2.14. The Bertz CT molecular complexity index is 708. The van der Waals surface area contributed by atoms with E-state index in [0.717, 1.165) is 30.9 Å². The van der Waals surface area contributed by atoms with Crippen LogP contribution in [0.3, 0.4) is 0 Å². The lowest BCUT2D eigenvalue weighted by Crippen LogP contribution is -2.49. The lowest BCUT2D eigenvalue weighted by Gasteiger charge is -2.46. The first-order valence-corrected chi connectivity index (χ1v) is 8.14. The number of hydrogen-bond donors (Lipinski definition) is 0. The van der Waals surface area contributed by atoms with Crippen molar-refractivity contribution in [1.82, 2.24) is 9.97 Å². The molecule has 1 atom stereocenters. The van der Waals surface area contributed by atoms with E-state index in [0.29, 0.717) is 6.17 Å². The minimum atomic E-state index is 0.244. The van der Waals surface area contributed by atoms with Gasteiger partial charge in [-0.2, -0.15) is 0 Å². The van der Waals surface area contributed by atoms with Gasteiger partial charge in [-0.15, -0.1) is 0 Å². The first kappa shape index (κ1) is 13.6. The van der Waals surface area contributed by atoms with Gasteiger partial charge in [0.15, 0.2) is 11.6 Å². The zero-order chi connectivity index (χ0) is 15.3. The van der Waals surface area contributed by atoms with Crippen LogP contribution in [0.15, 0.2) is 36.7 Å². The van der Waals surface area contributed by atoms with Gasteiger partial charge in [0, 0.05) is 30.5 Å². The molecule has 0 spiro atoms. The van der Waals surface area contributed by atoms with Crippen molar-refractivity contribution in [2.24, 2.45) is 0 Å². The molecular weight excluding hydrogens is 272 g/mol. The second-order valence-corrected chi connectivity index (χ2v) is 6.37. The molecule has 0 radical (unpaired) electrons. The van der Waals surface area contributed by atoms with Crippen molar-refractivity contribution in [2.75, 3.05) is 16.8 Å². The number of hydrogen-bond acceptors (Lipinski definition) is 4. The maximum Gasteiger partial charge on any atom is 0.178 e. The summed E-state index contributed by atoms with van der Waals surface area (Å²) >= 11 is 0. The molecule has 4 nitrogen and oxygen atoms in total. The molecule has 22 heavy (non-hydrogen) atoms. The molecule has 4 heteroatoms. The molecule has 3 heterocycles. The van der Waals surface area contributed by atoms with Crippen molar-refractivity contribution in [3.8, 4) is 0 Å². The maximum atomic E-state index is 4.61. The molecule has 0 aliphatic carbocycles. The Kier molecular flexibility index (Phi) is 2.90. The number of para-hydroxylation sites is 1. The number of anilines is 3. The number of aromatic nitrogens is 2. The summed E-state index contributed by atoms with van der Waals surface area (Å²) in [5.41, 5.74) is 3.00. The van der Waals surface area contributed by atoms with E-state index in [2.05, 4.69) is 64.9 Å². The lowest BCUT2D eigenvalue weighted by molar-refractivity contribution is 0.319. The molecule has 1 unspecified atom stereocenters. The monoisotopic (exact) mass is 294 g/mol. The van der Waals surface area contributed by atoms with E-state index in [-0.39, 0.29) is 5.41 Å². The molecule has 2 aliphatic heterocycles. The SMILES string of the molecule is CCC1(CC)CC2N(C)c3nccnc3N2c2ccccc21. The van der Waals surface area contributed by atoms with E-state index in [4.69, 9.17) is 0 Å². The Morgan fingerprint density at radius 2 is 1.77 bits per heavy atom. The van der Waals surface area contributed by atoms with Gasteiger partial charge in [0.1, 0.15) is 6.17 Å². The quantitative estimate of drug-likeness (QED) is 0.842. The van der Waals surface area contributed by atoms with Crippen molar-refractivity contribution in [3.63, 3.8) is 0 Å². The van der Waals surface area contributed by atoms with Crippen LogP contribution < -0.4 is 9.80 Å². The van der Waals surface area contributed by atoms with Crippen molar-refractivity contribution in [1.29, 1.82) is 0 Å². The molecule has 114 valence electrons. The number of rotatable bonds is 2. The lowest BCUT2D eigenvalue weighted by atomic mass is 9.69. The molecule has 1 aromatic heterocycles. The van der Waals surface area contributed by atoms with Gasteiger partial charge in [-0.25, -0.2) is 9.97 Å². The van der Waals surface area contributed by atoms with Gasteiger partial charge in [0.2, 0.25) is 0 Å². The summed E-state index contributed by atoms with van der Waals surface area (Å²) in [5.74, 6) is 1.98. The highest BCUT2D eigenvalue weighted by Gasteiger charge is 2.48. The summed E-state index contributed by atoms with van der Waals surface area (Å²) in [5, 5.41) is 0. The molecule has 2 aliphatic rings. The first-order valence-electron chi connectivity index (χ1n) is 8.14. The fourth-order valence-electron chi connectivity index (χ4n) is 4.21. The van der Waals surface area contributed by atoms with Crippen molar-refractivity contribution in [3.05, 3.63) is 42.2 Å². The Hall–Kier alpha value is -2.10. The molecule has 0 amide bonds. The van der Waals surface area contributed by atoms with Crippen LogP contribution >= 0.6 is 0 Å². The van der Waals surface area contributed by atoms with Crippen molar-refractivity contribution in [2.45, 2.75) is 44.7 Å². The van der Waals surface area contributed by atoms with Gasteiger partial charge < -0.3 is 9.80 Å². The smallest absolute Gasteiger partial charge is 0.178 e. The predicted octanol–water partition coefficient (Wildman–Crippen LogP) is 3.85. The summed E-state index contributed by atoms with van der Waals surface area (Å²) in [6.45, 7) is 4.63. The van der Waals surface area contributed by atoms with Crippen molar-refractivity contribution >= 4 is 17.3 Å². The van der Waals surface area contributed by atoms with Crippen molar-refractivity contribution < 1.29 is 0 Å². The summed E-state index contributed by atoms with van der Waals surface area (Å²) in [6.07, 6.45) is 7.33. The average molecular weight is 294 g/mol. The van der Waals surface area contributed by atoms with Gasteiger partial charge in [-0.05, 0) is 30.9 Å². The zero-order valence-electron chi connectivity index (χ0n) is 13.5. The third kappa shape index (κ3) is 1.58. The van der Waals surface area contributed by atoms with Crippen LogP contribution in [0.1, 0.15) is 38.7 Å². The van der Waals surface area contributed by atoms with Gasteiger partial charge in [0.25, 0.3) is 0 Å². The van der Waals surface area contributed by atoms with E-state index in [1.165, 1.54) is 11.3 Å². The zero-order valence-corrected chi connectivity index (χ0v) is 13.5. The number of benzene rings is 1. The summed E-state index contributed by atoms with van der Waals surface area (Å²) < 4.78 is 0. The average Bonchev–Trinajstić information content (AvgIpc) is 2.87. The molecule has 1 aromatic carbocycles. The van der Waals surface area contributed by atoms with E-state index in [9.17, 15) is 0 Å². The van der Waals surface area contributed by atoms with Crippen LogP contribution in [0.4, 0.5) is 17.3 Å². The van der Waals surface area contributed by atoms with Gasteiger partial charge >= 0.3 is 0 Å². The Labute approximate surface area is 131 Å². The molecule has 0 bridgehead atoms. The second kappa shape index (κ2) is 4.70. The third-order valence-corrected chi connectivity index (χ3v) is 5.63. The largest absolute Gasteiger partial charge is 0.336 e. The molecular formula is C18H22N4. The third-order valence-electron chi connectivity index (χ3n) is 5.63. The first-order chi connectivity index (χ1) is 10.7. The van der Waals surface area contributed by atoms with Gasteiger partial charge in [-0.3, -0.25) is 0 Å². The van der Waals surface area contributed by atoms with Gasteiger partial charge in [0.05, 0.1) is 0 Å².